The van der Waals surface area contributed by atoms with Crippen molar-refractivity contribution in [2.45, 2.75) is 72.1 Å². The SMILES string of the molecule is CC(C)c1cc(Nc2c(C(C)(C)C)ccc3ccccc23)c2cccc(Nc3cc(N)cc4cc(C(C)(C)C)ccc34)c2c1. The Labute approximate surface area is 262 Å². The van der Waals surface area contributed by atoms with Crippen molar-refractivity contribution in [3.63, 3.8) is 0 Å². The monoisotopic (exact) mass is 579 g/mol. The molecular weight excluding hydrogens is 534 g/mol. The van der Waals surface area contributed by atoms with Crippen LogP contribution in [-0.4, -0.2) is 0 Å². The molecule has 0 aromatic heterocycles. The maximum absolute atomic E-state index is 6.47. The molecule has 0 amide bonds. The fourth-order valence-electron chi connectivity index (χ4n) is 6.23. The Morgan fingerprint density at radius 1 is 0.545 bits per heavy atom. The van der Waals surface area contributed by atoms with Crippen LogP contribution in [0.3, 0.4) is 0 Å². The van der Waals surface area contributed by atoms with Gasteiger partial charge in [0.1, 0.15) is 0 Å². The molecule has 0 aliphatic carbocycles. The van der Waals surface area contributed by atoms with Crippen LogP contribution >= 0.6 is 0 Å². The molecule has 0 atom stereocenters. The van der Waals surface area contributed by atoms with Crippen LogP contribution in [0, 0.1) is 0 Å². The topological polar surface area (TPSA) is 50.1 Å². The molecule has 0 saturated heterocycles. The first-order valence-corrected chi connectivity index (χ1v) is 15.8. The molecule has 6 rings (SSSR count). The summed E-state index contributed by atoms with van der Waals surface area (Å²) in [4.78, 5) is 0. The fraction of sp³-hybridized carbons (Fsp3) is 0.268. The van der Waals surface area contributed by atoms with Gasteiger partial charge in [0.25, 0.3) is 0 Å². The summed E-state index contributed by atoms with van der Waals surface area (Å²) in [5.41, 5.74) is 15.5. The van der Waals surface area contributed by atoms with E-state index in [1.165, 1.54) is 43.9 Å². The van der Waals surface area contributed by atoms with Gasteiger partial charge in [-0.3, -0.25) is 0 Å². The number of nitrogens with two attached hydrogens (primary N) is 1. The van der Waals surface area contributed by atoms with Crippen LogP contribution in [-0.2, 0) is 10.8 Å². The van der Waals surface area contributed by atoms with Crippen molar-refractivity contribution in [3.8, 4) is 0 Å². The molecular formula is C41H45N3. The average molecular weight is 580 g/mol. The van der Waals surface area contributed by atoms with E-state index < -0.39 is 0 Å². The van der Waals surface area contributed by atoms with Gasteiger partial charge < -0.3 is 16.4 Å². The van der Waals surface area contributed by atoms with Crippen molar-refractivity contribution in [2.24, 2.45) is 0 Å². The molecule has 0 unspecified atom stereocenters. The van der Waals surface area contributed by atoms with Gasteiger partial charge in [-0.15, -0.1) is 0 Å². The maximum Gasteiger partial charge on any atom is 0.0502 e. The lowest BCUT2D eigenvalue weighted by Gasteiger charge is -2.26. The van der Waals surface area contributed by atoms with Gasteiger partial charge in [-0.25, -0.2) is 0 Å². The second-order valence-corrected chi connectivity index (χ2v) is 14.6. The zero-order valence-corrected chi connectivity index (χ0v) is 27.4. The van der Waals surface area contributed by atoms with Crippen LogP contribution in [0.2, 0.25) is 0 Å². The third kappa shape index (κ3) is 5.59. The number of nitrogens with one attached hydrogen (secondary N) is 2. The molecule has 3 heteroatoms. The first-order chi connectivity index (χ1) is 20.8. The summed E-state index contributed by atoms with van der Waals surface area (Å²) in [6, 6.07) is 35.3. The van der Waals surface area contributed by atoms with Gasteiger partial charge in [-0.2, -0.15) is 0 Å². The summed E-state index contributed by atoms with van der Waals surface area (Å²) >= 11 is 0. The highest BCUT2D eigenvalue weighted by Gasteiger charge is 2.21. The van der Waals surface area contributed by atoms with E-state index >= 15 is 0 Å². The fourth-order valence-corrected chi connectivity index (χ4v) is 6.23. The maximum atomic E-state index is 6.47. The second-order valence-electron chi connectivity index (χ2n) is 14.6. The second kappa shape index (κ2) is 10.9. The number of fused-ring (bicyclic) bond motifs is 3. The minimum atomic E-state index is -0.0221. The van der Waals surface area contributed by atoms with E-state index in [0.29, 0.717) is 5.92 Å². The summed E-state index contributed by atoms with van der Waals surface area (Å²) in [5, 5.41) is 14.9. The summed E-state index contributed by atoms with van der Waals surface area (Å²) in [6.07, 6.45) is 0. The predicted molar refractivity (Wildman–Crippen MR) is 194 cm³/mol. The minimum Gasteiger partial charge on any atom is -0.399 e. The normalized spacial score (nSPS) is 12.4. The Balaban J connectivity index is 1.52. The van der Waals surface area contributed by atoms with Gasteiger partial charge in [0.05, 0.1) is 5.69 Å². The number of hydrogen-bond donors (Lipinski definition) is 3. The molecule has 6 aromatic carbocycles. The molecule has 6 aromatic rings. The van der Waals surface area contributed by atoms with Crippen molar-refractivity contribution < 1.29 is 0 Å². The van der Waals surface area contributed by atoms with E-state index in [4.69, 9.17) is 5.73 Å². The molecule has 0 aliphatic rings. The van der Waals surface area contributed by atoms with Crippen LogP contribution in [0.4, 0.5) is 28.4 Å². The van der Waals surface area contributed by atoms with Gasteiger partial charge in [0.2, 0.25) is 0 Å². The zero-order chi connectivity index (χ0) is 31.4. The molecule has 0 heterocycles. The number of anilines is 5. The first-order valence-electron chi connectivity index (χ1n) is 15.8. The van der Waals surface area contributed by atoms with E-state index in [-0.39, 0.29) is 10.8 Å². The molecule has 0 fully saturated rings. The Kier molecular flexibility index (Phi) is 7.32. The molecule has 44 heavy (non-hydrogen) atoms. The lowest BCUT2D eigenvalue weighted by molar-refractivity contribution is 0.591. The number of rotatable bonds is 5. The Morgan fingerprint density at radius 2 is 1.27 bits per heavy atom. The van der Waals surface area contributed by atoms with Crippen molar-refractivity contribution in [1.82, 2.24) is 0 Å². The molecule has 224 valence electrons. The lowest BCUT2D eigenvalue weighted by atomic mass is 9.84. The van der Waals surface area contributed by atoms with Crippen molar-refractivity contribution in [3.05, 3.63) is 114 Å². The minimum absolute atomic E-state index is 0.0221. The van der Waals surface area contributed by atoms with Gasteiger partial charge in [0.15, 0.2) is 0 Å². The van der Waals surface area contributed by atoms with Crippen molar-refractivity contribution in [2.75, 3.05) is 16.4 Å². The van der Waals surface area contributed by atoms with Crippen LogP contribution < -0.4 is 16.4 Å². The average Bonchev–Trinajstić information content (AvgIpc) is 2.96. The highest BCUT2D eigenvalue weighted by molar-refractivity contribution is 6.08. The molecule has 3 nitrogen and oxygen atoms in total. The largest absolute Gasteiger partial charge is 0.399 e. The molecule has 0 bridgehead atoms. The standard InChI is InChI=1S/C41H45N3/c1-25(2)27-22-34-33(37(23-27)44-39-32-13-10-9-12-26(32)16-19-35(39)41(6,7)8)14-11-15-36(34)43-38-24-30(42)21-28-20-29(40(3,4)5)17-18-31(28)38/h9-25,43-44H,42H2,1-8H3. The van der Waals surface area contributed by atoms with Crippen LogP contribution in [0.5, 0.6) is 0 Å². The summed E-state index contributed by atoms with van der Waals surface area (Å²) < 4.78 is 0. The third-order valence-corrected chi connectivity index (χ3v) is 8.79. The Bertz CT molecular complexity index is 2020. The lowest BCUT2D eigenvalue weighted by Crippen LogP contribution is -2.14. The van der Waals surface area contributed by atoms with Gasteiger partial charge in [0, 0.05) is 44.3 Å². The summed E-state index contributed by atoms with van der Waals surface area (Å²) in [5.74, 6) is 0.367. The Morgan fingerprint density at radius 3 is 2.00 bits per heavy atom. The summed E-state index contributed by atoms with van der Waals surface area (Å²) in [7, 11) is 0. The van der Waals surface area contributed by atoms with Crippen LogP contribution in [0.15, 0.2) is 97.1 Å². The molecule has 0 saturated carbocycles. The van der Waals surface area contributed by atoms with E-state index in [9.17, 15) is 0 Å². The van der Waals surface area contributed by atoms with E-state index in [1.54, 1.807) is 0 Å². The highest BCUT2D eigenvalue weighted by atomic mass is 14.9. The van der Waals surface area contributed by atoms with Crippen molar-refractivity contribution in [1.29, 1.82) is 0 Å². The van der Waals surface area contributed by atoms with Crippen molar-refractivity contribution >= 4 is 60.8 Å². The van der Waals surface area contributed by atoms with Crippen LogP contribution in [0.1, 0.15) is 78.0 Å². The number of hydrogen-bond acceptors (Lipinski definition) is 3. The molecule has 4 N–H and O–H groups in total. The summed E-state index contributed by atoms with van der Waals surface area (Å²) in [6.45, 7) is 18.1. The van der Waals surface area contributed by atoms with Crippen LogP contribution in [0.25, 0.3) is 32.3 Å². The molecule has 0 radical (unpaired) electrons. The third-order valence-electron chi connectivity index (χ3n) is 8.79. The van der Waals surface area contributed by atoms with Gasteiger partial charge in [-0.1, -0.05) is 122 Å². The Hall–Kier alpha value is -4.50. The smallest absolute Gasteiger partial charge is 0.0502 e. The van der Waals surface area contributed by atoms with Gasteiger partial charge >= 0.3 is 0 Å². The number of benzene rings is 6. The van der Waals surface area contributed by atoms with Gasteiger partial charge in [-0.05, 0) is 74.5 Å². The predicted octanol–water partition coefficient (Wildman–Crippen LogP) is 11.9. The quantitative estimate of drug-likeness (QED) is 0.178. The molecule has 0 spiro atoms. The van der Waals surface area contributed by atoms with E-state index in [0.717, 1.165) is 33.5 Å². The molecule has 0 aliphatic heterocycles. The van der Waals surface area contributed by atoms with E-state index in [2.05, 4.69) is 163 Å². The first kappa shape index (κ1) is 29.6. The van der Waals surface area contributed by atoms with E-state index in [1.807, 2.05) is 0 Å². The highest BCUT2D eigenvalue weighted by Crippen LogP contribution is 2.42. The number of nitrogen functional groups attached to an aromatic ring is 1. The zero-order valence-electron chi connectivity index (χ0n) is 27.4.